The minimum atomic E-state index is -3.99. The number of carbonyl (C=O) groups is 2. The molecule has 9 heteroatoms. The van der Waals surface area contributed by atoms with E-state index in [2.05, 4.69) is 15.2 Å². The summed E-state index contributed by atoms with van der Waals surface area (Å²) in [7, 11) is -3.99. The third-order valence-electron chi connectivity index (χ3n) is 4.23. The average molecular weight is 420 g/mol. The van der Waals surface area contributed by atoms with Crippen molar-refractivity contribution in [2.45, 2.75) is 25.7 Å². The molecule has 0 aliphatic heterocycles. The molecule has 0 atom stereocenters. The van der Waals surface area contributed by atoms with E-state index in [0.29, 0.717) is 5.56 Å². The van der Waals surface area contributed by atoms with Crippen LogP contribution < -0.4 is 15.2 Å². The van der Waals surface area contributed by atoms with Crippen molar-refractivity contribution < 1.29 is 22.7 Å². The highest BCUT2D eigenvalue weighted by Crippen LogP contribution is 2.15. The van der Waals surface area contributed by atoms with E-state index in [-0.39, 0.29) is 17.1 Å². The molecule has 0 aliphatic carbocycles. The molecule has 0 spiro atoms. The Bertz CT molecular complexity index is 937. The number of hydrogen-bond donors (Lipinski definition) is 2. The summed E-state index contributed by atoms with van der Waals surface area (Å²) >= 11 is 0. The predicted octanol–water partition coefficient (Wildman–Crippen LogP) is 2.33. The van der Waals surface area contributed by atoms with Crippen molar-refractivity contribution in [1.82, 2.24) is 10.3 Å². The van der Waals surface area contributed by atoms with Crippen LogP contribution in [-0.4, -0.2) is 40.0 Å². The number of nitrogens with zero attached hydrogens (tertiary/aromatic N) is 1. The van der Waals surface area contributed by atoms with Gasteiger partial charge in [0.15, 0.2) is 0 Å². The number of nitrogens with one attached hydrogen (secondary N) is 2. The molecule has 0 heterocycles. The summed E-state index contributed by atoms with van der Waals surface area (Å²) in [5.41, 5.74) is 3.73. The van der Waals surface area contributed by atoms with Crippen molar-refractivity contribution in [3.63, 3.8) is 0 Å². The zero-order valence-corrected chi connectivity index (χ0v) is 17.5. The normalized spacial score (nSPS) is 11.0. The van der Waals surface area contributed by atoms with Crippen molar-refractivity contribution in [2.24, 2.45) is 0 Å². The minimum Gasteiger partial charge on any atom is -0.462 e. The van der Waals surface area contributed by atoms with E-state index in [1.807, 2.05) is 26.0 Å². The summed E-state index contributed by atoms with van der Waals surface area (Å²) in [6.45, 7) is 7.67. The predicted molar refractivity (Wildman–Crippen MR) is 110 cm³/mol. The van der Waals surface area contributed by atoms with Crippen LogP contribution in [-0.2, 0) is 14.8 Å². The van der Waals surface area contributed by atoms with Gasteiger partial charge in [-0.3, -0.25) is 10.2 Å². The van der Waals surface area contributed by atoms with Gasteiger partial charge in [-0.15, -0.1) is 4.83 Å². The molecule has 0 unspecified atom stereocenters. The highest BCUT2D eigenvalue weighted by Gasteiger charge is 2.17. The van der Waals surface area contributed by atoms with Crippen LogP contribution in [0, 0.1) is 0 Å². The number of carbonyl (C=O) groups excluding carboxylic acids is 2. The van der Waals surface area contributed by atoms with Gasteiger partial charge >= 0.3 is 5.97 Å². The Morgan fingerprint density at radius 2 is 1.45 bits per heavy atom. The monoisotopic (exact) mass is 419 g/mol. The molecule has 0 aromatic heterocycles. The van der Waals surface area contributed by atoms with Crippen molar-refractivity contribution in [1.29, 1.82) is 0 Å². The number of benzene rings is 2. The summed E-state index contributed by atoms with van der Waals surface area (Å²) in [6, 6.07) is 12.1. The molecule has 0 fully saturated rings. The minimum absolute atomic E-state index is 0.0947. The molecule has 2 N–H and O–H groups in total. The zero-order valence-electron chi connectivity index (χ0n) is 16.6. The summed E-state index contributed by atoms with van der Waals surface area (Å²) in [5, 5.41) is 0. The summed E-state index contributed by atoms with van der Waals surface area (Å²) in [6.07, 6.45) is 0. The van der Waals surface area contributed by atoms with Crippen LogP contribution >= 0.6 is 0 Å². The smallest absolute Gasteiger partial charge is 0.338 e. The Morgan fingerprint density at radius 1 is 0.897 bits per heavy atom. The second kappa shape index (κ2) is 10.0. The highest BCUT2D eigenvalue weighted by molar-refractivity contribution is 7.89. The molecule has 2 rings (SSSR count). The van der Waals surface area contributed by atoms with E-state index >= 15 is 0 Å². The standard InChI is InChI=1S/C20H25N3O5S/c1-4-23(5-2)17-11-7-15(8-12-17)19(24)21-22-29(26,27)18-13-9-16(10-14-18)20(25)28-6-3/h7-14,22H,4-6H2,1-3H3,(H,21,24). The lowest BCUT2D eigenvalue weighted by Gasteiger charge is -2.21. The van der Waals surface area contributed by atoms with E-state index in [4.69, 9.17) is 4.74 Å². The number of anilines is 1. The van der Waals surface area contributed by atoms with Gasteiger partial charge in [0.05, 0.1) is 17.1 Å². The number of esters is 1. The fraction of sp³-hybridized carbons (Fsp3) is 0.300. The van der Waals surface area contributed by atoms with Crippen LogP contribution in [0.5, 0.6) is 0 Å². The number of sulfonamides is 1. The van der Waals surface area contributed by atoms with Gasteiger partial charge in [0, 0.05) is 24.3 Å². The van der Waals surface area contributed by atoms with E-state index in [0.717, 1.165) is 18.8 Å². The largest absolute Gasteiger partial charge is 0.462 e. The van der Waals surface area contributed by atoms with Crippen molar-refractivity contribution in [3.8, 4) is 0 Å². The Hall–Kier alpha value is -2.91. The fourth-order valence-corrected chi connectivity index (χ4v) is 3.48. The van der Waals surface area contributed by atoms with E-state index < -0.39 is 21.9 Å². The molecule has 0 aliphatic rings. The van der Waals surface area contributed by atoms with Crippen molar-refractivity contribution in [2.75, 3.05) is 24.6 Å². The lowest BCUT2D eigenvalue weighted by atomic mass is 10.2. The molecule has 0 radical (unpaired) electrons. The van der Waals surface area contributed by atoms with Crippen LogP contribution in [0.4, 0.5) is 5.69 Å². The van der Waals surface area contributed by atoms with Crippen molar-refractivity contribution >= 4 is 27.6 Å². The zero-order chi connectivity index (χ0) is 21.4. The second-order valence-electron chi connectivity index (χ2n) is 6.02. The fourth-order valence-electron chi connectivity index (χ4n) is 2.64. The topological polar surface area (TPSA) is 105 Å². The average Bonchev–Trinajstić information content (AvgIpc) is 2.74. The lowest BCUT2D eigenvalue weighted by molar-refractivity contribution is 0.0526. The first kappa shape index (κ1) is 22.4. The van der Waals surface area contributed by atoms with Gasteiger partial charge in [0.2, 0.25) is 0 Å². The van der Waals surface area contributed by atoms with Crippen LogP contribution in [0.2, 0.25) is 0 Å². The lowest BCUT2D eigenvalue weighted by Crippen LogP contribution is -2.41. The van der Waals surface area contributed by atoms with Crippen LogP contribution in [0.15, 0.2) is 53.4 Å². The van der Waals surface area contributed by atoms with Gasteiger partial charge in [0.25, 0.3) is 15.9 Å². The van der Waals surface area contributed by atoms with Crippen LogP contribution in [0.25, 0.3) is 0 Å². The number of rotatable bonds is 9. The third-order valence-corrected chi connectivity index (χ3v) is 5.50. The van der Waals surface area contributed by atoms with Crippen LogP contribution in [0.3, 0.4) is 0 Å². The number of hydrogen-bond acceptors (Lipinski definition) is 6. The molecule has 29 heavy (non-hydrogen) atoms. The second-order valence-corrected chi connectivity index (χ2v) is 7.71. The molecular formula is C20H25N3O5S. The molecular weight excluding hydrogens is 394 g/mol. The van der Waals surface area contributed by atoms with Gasteiger partial charge in [-0.05, 0) is 69.3 Å². The van der Waals surface area contributed by atoms with Gasteiger partial charge in [-0.25, -0.2) is 13.2 Å². The molecule has 0 saturated heterocycles. The summed E-state index contributed by atoms with van der Waals surface area (Å²) in [5.74, 6) is -1.12. The number of hydrazine groups is 1. The molecule has 2 aromatic rings. The van der Waals surface area contributed by atoms with Crippen molar-refractivity contribution in [3.05, 3.63) is 59.7 Å². The van der Waals surface area contributed by atoms with Gasteiger partial charge in [0.1, 0.15) is 0 Å². The third kappa shape index (κ3) is 5.78. The molecule has 2 aromatic carbocycles. The van der Waals surface area contributed by atoms with E-state index in [1.54, 1.807) is 19.1 Å². The summed E-state index contributed by atoms with van der Waals surface area (Å²) in [4.78, 5) is 28.0. The van der Waals surface area contributed by atoms with Gasteiger partial charge in [-0.2, -0.15) is 0 Å². The number of ether oxygens (including phenoxy) is 1. The molecule has 0 saturated carbocycles. The maximum Gasteiger partial charge on any atom is 0.338 e. The Labute approximate surface area is 170 Å². The summed E-state index contributed by atoms with van der Waals surface area (Å²) < 4.78 is 29.5. The maximum atomic E-state index is 12.3. The maximum absolute atomic E-state index is 12.3. The first-order chi connectivity index (χ1) is 13.8. The first-order valence-corrected chi connectivity index (χ1v) is 10.7. The SMILES string of the molecule is CCOC(=O)c1ccc(S(=O)(=O)NNC(=O)c2ccc(N(CC)CC)cc2)cc1. The molecule has 1 amide bonds. The first-order valence-electron chi connectivity index (χ1n) is 9.26. The van der Waals surface area contributed by atoms with Crippen LogP contribution in [0.1, 0.15) is 41.5 Å². The van der Waals surface area contributed by atoms with E-state index in [1.165, 1.54) is 24.3 Å². The quantitative estimate of drug-likeness (QED) is 0.477. The van der Waals surface area contributed by atoms with Gasteiger partial charge in [-0.1, -0.05) is 0 Å². The number of amides is 1. The van der Waals surface area contributed by atoms with Gasteiger partial charge < -0.3 is 9.64 Å². The molecule has 0 bridgehead atoms. The Kier molecular flexibility index (Phi) is 7.74. The molecule has 156 valence electrons. The Morgan fingerprint density at radius 3 is 1.97 bits per heavy atom. The Balaban J connectivity index is 2.02. The molecule has 8 nitrogen and oxygen atoms in total. The highest BCUT2D eigenvalue weighted by atomic mass is 32.2. The van der Waals surface area contributed by atoms with E-state index in [9.17, 15) is 18.0 Å².